The van der Waals surface area contributed by atoms with Crippen LogP contribution in [0.3, 0.4) is 0 Å². The minimum atomic E-state index is -0.725. The van der Waals surface area contributed by atoms with Gasteiger partial charge in [-0.1, -0.05) is 37.3 Å². The number of likely N-dealkylation sites (tertiary alicyclic amines) is 1. The second kappa shape index (κ2) is 10.4. The van der Waals surface area contributed by atoms with Crippen LogP contribution in [0.4, 0.5) is 5.69 Å². The summed E-state index contributed by atoms with van der Waals surface area (Å²) in [4.78, 5) is 47.3. The van der Waals surface area contributed by atoms with Crippen molar-refractivity contribution in [2.45, 2.75) is 49.3 Å². The lowest BCUT2D eigenvalue weighted by molar-refractivity contribution is -0.144. The van der Waals surface area contributed by atoms with E-state index in [9.17, 15) is 19.5 Å². The second-order valence-electron chi connectivity index (χ2n) is 10.3. The Morgan fingerprint density at radius 2 is 1.86 bits per heavy atom. The Kier molecular flexibility index (Phi) is 7.67. The van der Waals surface area contributed by atoms with E-state index in [0.29, 0.717) is 13.1 Å². The van der Waals surface area contributed by atoms with Crippen LogP contribution >= 0.6 is 11.8 Å². The molecule has 3 saturated heterocycles. The number of aliphatic hydroxyl groups excluding tert-OH is 1. The molecule has 3 fully saturated rings. The maximum absolute atomic E-state index is 14.1. The van der Waals surface area contributed by atoms with Crippen LogP contribution in [0.25, 0.3) is 0 Å². The third-order valence-electron chi connectivity index (χ3n) is 7.98. The molecule has 0 radical (unpaired) electrons. The number of anilines is 1. The Hall–Kier alpha value is -2.58. The number of hydrogen-bond acceptors (Lipinski definition) is 5. The normalized spacial score (nSPS) is 30.4. The molecule has 194 valence electrons. The highest BCUT2D eigenvalue weighted by molar-refractivity contribution is 8.02. The van der Waals surface area contributed by atoms with Crippen molar-refractivity contribution < 1.29 is 19.5 Å². The van der Waals surface area contributed by atoms with E-state index in [4.69, 9.17) is 0 Å². The lowest BCUT2D eigenvalue weighted by Gasteiger charge is -2.41. The molecule has 3 amide bonds. The smallest absolute Gasteiger partial charge is 0.247 e. The molecule has 1 N–H and O–H groups in total. The van der Waals surface area contributed by atoms with Crippen molar-refractivity contribution >= 4 is 35.2 Å². The predicted octanol–water partition coefficient (Wildman–Crippen LogP) is 2.96. The van der Waals surface area contributed by atoms with Crippen LogP contribution in [-0.2, 0) is 14.4 Å². The van der Waals surface area contributed by atoms with Gasteiger partial charge in [0.15, 0.2) is 0 Å². The summed E-state index contributed by atoms with van der Waals surface area (Å²) in [5.41, 5.74) is 0.763. The lowest BCUT2D eigenvalue weighted by Crippen LogP contribution is -2.58. The van der Waals surface area contributed by atoms with Gasteiger partial charge >= 0.3 is 0 Å². The first-order valence-electron chi connectivity index (χ1n) is 12.7. The van der Waals surface area contributed by atoms with E-state index >= 15 is 0 Å². The number of aliphatic hydroxyl groups is 1. The molecule has 0 aliphatic carbocycles. The van der Waals surface area contributed by atoms with E-state index in [2.05, 4.69) is 20.1 Å². The van der Waals surface area contributed by atoms with Crippen LogP contribution in [0.2, 0.25) is 0 Å². The van der Waals surface area contributed by atoms with Gasteiger partial charge in [-0.15, -0.1) is 24.9 Å². The number of fused-ring (bicyclic) bond motifs is 1. The highest BCUT2D eigenvalue weighted by Crippen LogP contribution is 2.69. The van der Waals surface area contributed by atoms with Gasteiger partial charge in [0.05, 0.1) is 23.2 Å². The van der Waals surface area contributed by atoms with Crippen LogP contribution in [0, 0.1) is 17.8 Å². The Morgan fingerprint density at radius 1 is 1.19 bits per heavy atom. The number of hydrogen-bond donors (Lipinski definition) is 1. The molecule has 4 rings (SSSR count). The largest absolute Gasteiger partial charge is 0.395 e. The zero-order valence-corrected chi connectivity index (χ0v) is 22.2. The summed E-state index contributed by atoms with van der Waals surface area (Å²) in [6.45, 7) is 14.2. The monoisotopic (exact) mass is 511 g/mol. The van der Waals surface area contributed by atoms with Gasteiger partial charge in [-0.3, -0.25) is 14.4 Å². The molecule has 3 aliphatic heterocycles. The Morgan fingerprint density at radius 3 is 2.44 bits per heavy atom. The third kappa shape index (κ3) is 3.98. The molecule has 36 heavy (non-hydrogen) atoms. The number of carbonyl (C=O) groups is 3. The molecule has 1 aromatic carbocycles. The summed E-state index contributed by atoms with van der Waals surface area (Å²) in [7, 11) is 0. The van der Waals surface area contributed by atoms with Gasteiger partial charge < -0.3 is 19.8 Å². The predicted molar refractivity (Wildman–Crippen MR) is 143 cm³/mol. The quantitative estimate of drug-likeness (QED) is 0.489. The summed E-state index contributed by atoms with van der Waals surface area (Å²) in [6.07, 6.45) is 4.16. The van der Waals surface area contributed by atoms with Gasteiger partial charge in [-0.05, 0) is 38.3 Å². The summed E-state index contributed by atoms with van der Waals surface area (Å²) in [5, 5.41) is 9.80. The SMILES string of the molecule is C=CCN(C(=O)[C@@H]1[C@@H]2CC(C)C3(S2)C(C(=O)N(CC=C)C(C)C)N(CCO)C(=O)[C@H]13)c1ccccc1. The van der Waals surface area contributed by atoms with Crippen molar-refractivity contribution in [1.82, 2.24) is 9.80 Å². The Bertz CT molecular complexity index is 1030. The van der Waals surface area contributed by atoms with Crippen LogP contribution in [0.5, 0.6) is 0 Å². The zero-order chi connectivity index (χ0) is 26.2. The van der Waals surface area contributed by atoms with Gasteiger partial charge in [0, 0.05) is 36.6 Å². The molecule has 2 bridgehead atoms. The number of amides is 3. The standard InChI is InChI=1S/C28H37N3O4S/c1-6-13-29(18(3)4)27(35)24-28-19(5)17-21(36-28)22(23(28)26(34)31(24)15-16-32)25(33)30(14-7-2)20-11-9-8-10-12-20/h6-12,18-19,21-24,32H,1-2,13-17H2,3-5H3/t19?,21-,22+,23-,24?,28?/m0/s1. The lowest BCUT2D eigenvalue weighted by atomic mass is 9.65. The van der Waals surface area contributed by atoms with Crippen LogP contribution in [0.1, 0.15) is 27.2 Å². The first-order chi connectivity index (χ1) is 17.2. The highest BCUT2D eigenvalue weighted by atomic mass is 32.2. The van der Waals surface area contributed by atoms with Gasteiger partial charge in [-0.25, -0.2) is 0 Å². The molecule has 1 spiro atoms. The number of nitrogens with zero attached hydrogens (tertiary/aromatic N) is 3. The van der Waals surface area contributed by atoms with Crippen molar-refractivity contribution in [2.75, 3.05) is 31.1 Å². The van der Waals surface area contributed by atoms with Gasteiger partial charge in [-0.2, -0.15) is 0 Å². The van der Waals surface area contributed by atoms with Crippen molar-refractivity contribution in [3.05, 3.63) is 55.6 Å². The second-order valence-corrected chi connectivity index (χ2v) is 11.8. The number of benzene rings is 1. The summed E-state index contributed by atoms with van der Waals surface area (Å²) in [5.74, 6) is -1.51. The summed E-state index contributed by atoms with van der Waals surface area (Å²) >= 11 is 1.65. The summed E-state index contributed by atoms with van der Waals surface area (Å²) in [6, 6.07) is 8.64. The Labute approximate surface area is 218 Å². The van der Waals surface area contributed by atoms with Crippen molar-refractivity contribution in [2.24, 2.45) is 17.8 Å². The van der Waals surface area contributed by atoms with Crippen LogP contribution < -0.4 is 4.90 Å². The highest BCUT2D eigenvalue weighted by Gasteiger charge is 2.76. The average Bonchev–Trinajstić information content (AvgIpc) is 3.45. The molecular formula is C28H37N3O4S. The molecule has 7 nitrogen and oxygen atoms in total. The number of thioether (sulfide) groups is 1. The van der Waals surface area contributed by atoms with Crippen molar-refractivity contribution in [3.63, 3.8) is 0 Å². The fourth-order valence-electron chi connectivity index (χ4n) is 6.52. The minimum absolute atomic E-state index is 0.0454. The summed E-state index contributed by atoms with van der Waals surface area (Å²) < 4.78 is -0.709. The fraction of sp³-hybridized carbons (Fsp3) is 0.536. The Balaban J connectivity index is 1.78. The van der Waals surface area contributed by atoms with Crippen LogP contribution in [-0.4, -0.2) is 80.9 Å². The maximum Gasteiger partial charge on any atom is 0.247 e. The molecule has 0 saturated carbocycles. The first-order valence-corrected chi connectivity index (χ1v) is 13.6. The van der Waals surface area contributed by atoms with E-state index in [1.165, 1.54) is 0 Å². The van der Waals surface area contributed by atoms with Crippen molar-refractivity contribution in [3.8, 4) is 0 Å². The zero-order valence-electron chi connectivity index (χ0n) is 21.4. The van der Waals surface area contributed by atoms with E-state index in [-0.39, 0.29) is 48.1 Å². The number of para-hydroxylation sites is 1. The molecule has 0 aromatic heterocycles. The topological polar surface area (TPSA) is 81.2 Å². The molecule has 3 unspecified atom stereocenters. The van der Waals surface area contributed by atoms with Crippen LogP contribution in [0.15, 0.2) is 55.6 Å². The number of carbonyl (C=O) groups excluding carboxylic acids is 3. The average molecular weight is 512 g/mol. The molecule has 8 heteroatoms. The number of β-amino-alcohol motifs (C(OH)–C–C–N with tert-alkyl or cyclic N) is 1. The van der Waals surface area contributed by atoms with Gasteiger partial charge in [0.2, 0.25) is 17.7 Å². The van der Waals surface area contributed by atoms with Gasteiger partial charge in [0.25, 0.3) is 0 Å². The van der Waals surface area contributed by atoms with E-state index < -0.39 is 22.6 Å². The molecule has 6 atom stereocenters. The van der Waals surface area contributed by atoms with E-state index in [1.54, 1.807) is 38.6 Å². The fourth-order valence-corrected chi connectivity index (χ4v) is 8.93. The number of rotatable bonds is 10. The molecule has 3 heterocycles. The van der Waals surface area contributed by atoms with E-state index in [1.807, 2.05) is 44.2 Å². The molecule has 1 aromatic rings. The molecule has 3 aliphatic rings. The van der Waals surface area contributed by atoms with Crippen molar-refractivity contribution in [1.29, 1.82) is 0 Å². The third-order valence-corrected chi connectivity index (χ3v) is 10.1. The first kappa shape index (κ1) is 26.5. The maximum atomic E-state index is 14.1. The van der Waals surface area contributed by atoms with E-state index in [0.717, 1.165) is 12.1 Å². The minimum Gasteiger partial charge on any atom is -0.395 e. The molecular weight excluding hydrogens is 474 g/mol. The van der Waals surface area contributed by atoms with Gasteiger partial charge in [0.1, 0.15) is 6.04 Å².